The number of hydrogen-bond donors (Lipinski definition) is 2. The van der Waals surface area contributed by atoms with Gasteiger partial charge in [0, 0.05) is 26.1 Å². The Kier molecular flexibility index (Phi) is 5.26. The van der Waals surface area contributed by atoms with E-state index in [0.29, 0.717) is 18.2 Å². The van der Waals surface area contributed by atoms with Crippen LogP contribution in [0.4, 0.5) is 17.3 Å². The summed E-state index contributed by atoms with van der Waals surface area (Å²) in [5, 5.41) is 14.5. The summed E-state index contributed by atoms with van der Waals surface area (Å²) < 4.78 is 0. The van der Waals surface area contributed by atoms with Gasteiger partial charge in [-0.15, -0.1) is 0 Å². The topological polar surface area (TPSA) is 88.6 Å². The first kappa shape index (κ1) is 15.4. The summed E-state index contributed by atoms with van der Waals surface area (Å²) >= 11 is 0. The molecule has 8 heteroatoms. The maximum absolute atomic E-state index is 11.4. The predicted molar refractivity (Wildman–Crippen MR) is 80.9 cm³/mol. The van der Waals surface area contributed by atoms with E-state index in [2.05, 4.69) is 29.4 Å². The Bertz CT molecular complexity index is 488. The maximum Gasteiger partial charge on any atom is 0.353 e. The Labute approximate surface area is 124 Å². The largest absolute Gasteiger partial charge is 0.364 e. The van der Waals surface area contributed by atoms with Crippen LogP contribution < -0.4 is 15.1 Å². The maximum atomic E-state index is 11.4. The molecule has 0 amide bonds. The normalized spacial score (nSPS) is 14.7. The summed E-state index contributed by atoms with van der Waals surface area (Å²) in [5.74, 6) is 0.763. The molecular formula is C13H23N6O2+. The van der Waals surface area contributed by atoms with Crippen molar-refractivity contribution in [2.45, 2.75) is 19.3 Å². The standard InChI is InChI=1S/C13H22N6O2/c1-17(2)7-5-6-14-12-11(19(20)21)13(16-10-15-12)18-8-3-4-9-18/h10H,3-9H2,1-2H3,(H,14,15,16)/p+1. The number of anilines is 2. The lowest BCUT2D eigenvalue weighted by Gasteiger charge is -2.17. The quantitative estimate of drug-likeness (QED) is 0.416. The van der Waals surface area contributed by atoms with Crippen LogP contribution in [0.15, 0.2) is 6.33 Å². The smallest absolute Gasteiger partial charge is 0.353 e. The highest BCUT2D eigenvalue weighted by Crippen LogP contribution is 2.33. The molecule has 21 heavy (non-hydrogen) atoms. The van der Waals surface area contributed by atoms with Gasteiger partial charge in [-0.2, -0.15) is 0 Å². The zero-order valence-corrected chi connectivity index (χ0v) is 12.6. The third-order valence-corrected chi connectivity index (χ3v) is 3.54. The molecule has 0 atom stereocenters. The SMILES string of the molecule is C[NH+](C)CCCNc1ncnc(N2CCCC2)c1[N+](=O)[O-]. The molecule has 1 fully saturated rings. The van der Waals surface area contributed by atoms with Gasteiger partial charge in [-0.1, -0.05) is 0 Å². The average Bonchev–Trinajstić information content (AvgIpc) is 2.96. The van der Waals surface area contributed by atoms with E-state index < -0.39 is 0 Å². The van der Waals surface area contributed by atoms with Gasteiger partial charge in [0.2, 0.25) is 11.6 Å². The fraction of sp³-hybridized carbons (Fsp3) is 0.692. The van der Waals surface area contributed by atoms with Crippen molar-refractivity contribution in [1.82, 2.24) is 9.97 Å². The highest BCUT2D eigenvalue weighted by Gasteiger charge is 2.28. The third kappa shape index (κ3) is 4.01. The molecule has 1 saturated heterocycles. The lowest BCUT2D eigenvalue weighted by Crippen LogP contribution is -3.05. The first-order valence-corrected chi connectivity index (χ1v) is 7.37. The van der Waals surface area contributed by atoms with Crippen LogP contribution in [0.2, 0.25) is 0 Å². The van der Waals surface area contributed by atoms with E-state index in [4.69, 9.17) is 0 Å². The molecule has 0 saturated carbocycles. The summed E-state index contributed by atoms with van der Waals surface area (Å²) in [6, 6.07) is 0. The molecule has 0 aromatic carbocycles. The number of rotatable bonds is 7. The minimum absolute atomic E-state index is 0.00315. The van der Waals surface area contributed by atoms with Crippen molar-refractivity contribution in [2.24, 2.45) is 0 Å². The second-order valence-electron chi connectivity index (χ2n) is 5.58. The molecule has 8 nitrogen and oxygen atoms in total. The van der Waals surface area contributed by atoms with Gasteiger partial charge in [0.05, 0.1) is 25.6 Å². The number of quaternary nitrogens is 1. The molecule has 2 N–H and O–H groups in total. The van der Waals surface area contributed by atoms with E-state index in [9.17, 15) is 10.1 Å². The molecule has 116 valence electrons. The van der Waals surface area contributed by atoms with Gasteiger partial charge in [0.15, 0.2) is 0 Å². The molecule has 0 spiro atoms. The predicted octanol–water partition coefficient (Wildman–Crippen LogP) is -0.0685. The monoisotopic (exact) mass is 295 g/mol. The van der Waals surface area contributed by atoms with Crippen LogP contribution in [0.1, 0.15) is 19.3 Å². The van der Waals surface area contributed by atoms with E-state index in [0.717, 1.165) is 38.9 Å². The zero-order valence-electron chi connectivity index (χ0n) is 12.6. The number of hydrogen-bond acceptors (Lipinski definition) is 6. The zero-order chi connectivity index (χ0) is 15.2. The van der Waals surface area contributed by atoms with Gasteiger partial charge in [0.25, 0.3) is 0 Å². The highest BCUT2D eigenvalue weighted by molar-refractivity contribution is 5.70. The summed E-state index contributed by atoms with van der Waals surface area (Å²) in [7, 11) is 4.16. The Morgan fingerprint density at radius 3 is 2.71 bits per heavy atom. The van der Waals surface area contributed by atoms with Crippen molar-refractivity contribution < 1.29 is 9.82 Å². The lowest BCUT2D eigenvalue weighted by molar-refractivity contribution is -0.858. The Hall–Kier alpha value is -1.96. The van der Waals surface area contributed by atoms with E-state index in [1.54, 1.807) is 0 Å². The second-order valence-corrected chi connectivity index (χ2v) is 5.58. The van der Waals surface area contributed by atoms with Gasteiger partial charge in [-0.3, -0.25) is 10.1 Å². The number of nitro groups is 1. The van der Waals surface area contributed by atoms with Gasteiger partial charge < -0.3 is 15.1 Å². The minimum Gasteiger partial charge on any atom is -0.364 e. The van der Waals surface area contributed by atoms with E-state index in [1.807, 2.05) is 4.90 Å². The van der Waals surface area contributed by atoms with Crippen LogP contribution in [0, 0.1) is 10.1 Å². The minimum atomic E-state index is -0.382. The Morgan fingerprint density at radius 2 is 2.10 bits per heavy atom. The number of nitrogens with zero attached hydrogens (tertiary/aromatic N) is 4. The first-order valence-electron chi connectivity index (χ1n) is 7.37. The molecule has 0 unspecified atom stereocenters. The van der Waals surface area contributed by atoms with Gasteiger partial charge in [-0.25, -0.2) is 9.97 Å². The summed E-state index contributed by atoms with van der Waals surface area (Å²) in [5.41, 5.74) is -0.00315. The second kappa shape index (κ2) is 7.16. The summed E-state index contributed by atoms with van der Waals surface area (Å²) in [6.07, 6.45) is 4.44. The summed E-state index contributed by atoms with van der Waals surface area (Å²) in [4.78, 5) is 22.5. The Balaban J connectivity index is 2.12. The van der Waals surface area contributed by atoms with Crippen molar-refractivity contribution in [3.05, 3.63) is 16.4 Å². The van der Waals surface area contributed by atoms with Crippen molar-refractivity contribution in [3.8, 4) is 0 Å². The molecule has 0 radical (unpaired) electrons. The van der Waals surface area contributed by atoms with Crippen molar-refractivity contribution in [2.75, 3.05) is 50.5 Å². The van der Waals surface area contributed by atoms with Crippen LogP contribution in [-0.2, 0) is 0 Å². The van der Waals surface area contributed by atoms with Gasteiger partial charge >= 0.3 is 5.69 Å². The van der Waals surface area contributed by atoms with Crippen LogP contribution in [-0.4, -0.2) is 55.2 Å². The molecule has 1 aromatic rings. The highest BCUT2D eigenvalue weighted by atomic mass is 16.6. The van der Waals surface area contributed by atoms with E-state index in [1.165, 1.54) is 11.2 Å². The molecule has 2 rings (SSSR count). The molecule has 1 aromatic heterocycles. The number of nitrogens with one attached hydrogen (secondary N) is 2. The third-order valence-electron chi connectivity index (χ3n) is 3.54. The van der Waals surface area contributed by atoms with Crippen molar-refractivity contribution in [3.63, 3.8) is 0 Å². The van der Waals surface area contributed by atoms with Crippen LogP contribution >= 0.6 is 0 Å². The van der Waals surface area contributed by atoms with E-state index in [-0.39, 0.29) is 10.6 Å². The molecule has 0 aliphatic carbocycles. The van der Waals surface area contributed by atoms with Crippen LogP contribution in [0.3, 0.4) is 0 Å². The average molecular weight is 295 g/mol. The first-order chi connectivity index (χ1) is 10.1. The molecule has 2 heterocycles. The molecular weight excluding hydrogens is 272 g/mol. The van der Waals surface area contributed by atoms with E-state index >= 15 is 0 Å². The molecule has 0 bridgehead atoms. The fourth-order valence-electron chi connectivity index (χ4n) is 2.48. The fourth-order valence-corrected chi connectivity index (χ4v) is 2.48. The molecule has 1 aliphatic heterocycles. The lowest BCUT2D eigenvalue weighted by atomic mass is 10.3. The van der Waals surface area contributed by atoms with Crippen LogP contribution in [0.25, 0.3) is 0 Å². The molecule has 1 aliphatic rings. The van der Waals surface area contributed by atoms with Crippen LogP contribution in [0.5, 0.6) is 0 Å². The summed E-state index contributed by atoms with van der Waals surface area (Å²) in [6.45, 7) is 3.32. The van der Waals surface area contributed by atoms with Crippen molar-refractivity contribution >= 4 is 17.3 Å². The van der Waals surface area contributed by atoms with Crippen molar-refractivity contribution in [1.29, 1.82) is 0 Å². The Morgan fingerprint density at radius 1 is 1.38 bits per heavy atom. The van der Waals surface area contributed by atoms with Gasteiger partial charge in [0.1, 0.15) is 6.33 Å². The van der Waals surface area contributed by atoms with Gasteiger partial charge in [-0.05, 0) is 12.8 Å². The number of aromatic nitrogens is 2.